The second-order valence-corrected chi connectivity index (χ2v) is 5.39. The predicted octanol–water partition coefficient (Wildman–Crippen LogP) is 2.92. The van der Waals surface area contributed by atoms with E-state index in [1.165, 1.54) is 11.9 Å². The van der Waals surface area contributed by atoms with E-state index in [4.69, 9.17) is 4.42 Å². The van der Waals surface area contributed by atoms with Gasteiger partial charge in [0.15, 0.2) is 0 Å². The standard InChI is InChI=1S/C18H18N4O2/c1-13-4-6-14(7-5-13)10-19-17-9-16(21-12-22-17)18(23)20-11-15-3-2-8-24-15/h2-9,12H,10-11H2,1H3,(H,20,23)(H,19,21,22). The number of carbonyl (C=O) groups is 1. The Bertz CT molecular complexity index is 798. The molecule has 6 heteroatoms. The first kappa shape index (κ1) is 15.7. The van der Waals surface area contributed by atoms with Crippen molar-refractivity contribution in [2.24, 2.45) is 0 Å². The first-order valence-corrected chi connectivity index (χ1v) is 7.63. The molecule has 2 heterocycles. The molecular formula is C18H18N4O2. The summed E-state index contributed by atoms with van der Waals surface area (Å²) in [6.45, 7) is 3.00. The summed E-state index contributed by atoms with van der Waals surface area (Å²) < 4.78 is 5.18. The lowest BCUT2D eigenvalue weighted by Crippen LogP contribution is -2.23. The average Bonchev–Trinajstić information content (AvgIpc) is 3.13. The van der Waals surface area contributed by atoms with E-state index < -0.39 is 0 Å². The van der Waals surface area contributed by atoms with Crippen molar-refractivity contribution in [1.82, 2.24) is 15.3 Å². The van der Waals surface area contributed by atoms with Gasteiger partial charge in [-0.1, -0.05) is 29.8 Å². The Morgan fingerprint density at radius 2 is 1.96 bits per heavy atom. The molecule has 0 saturated heterocycles. The van der Waals surface area contributed by atoms with Crippen LogP contribution < -0.4 is 10.6 Å². The number of nitrogens with one attached hydrogen (secondary N) is 2. The predicted molar refractivity (Wildman–Crippen MR) is 90.4 cm³/mol. The van der Waals surface area contributed by atoms with E-state index in [9.17, 15) is 4.79 Å². The highest BCUT2D eigenvalue weighted by Gasteiger charge is 2.09. The van der Waals surface area contributed by atoms with Crippen molar-refractivity contribution >= 4 is 11.7 Å². The topological polar surface area (TPSA) is 80.0 Å². The molecule has 0 atom stereocenters. The maximum absolute atomic E-state index is 12.1. The van der Waals surface area contributed by atoms with Gasteiger partial charge in [0.25, 0.3) is 5.91 Å². The van der Waals surface area contributed by atoms with Crippen molar-refractivity contribution in [3.8, 4) is 0 Å². The van der Waals surface area contributed by atoms with Crippen LogP contribution in [0.3, 0.4) is 0 Å². The maximum atomic E-state index is 12.1. The minimum absolute atomic E-state index is 0.271. The normalized spacial score (nSPS) is 10.4. The summed E-state index contributed by atoms with van der Waals surface area (Å²) >= 11 is 0. The van der Waals surface area contributed by atoms with Gasteiger partial charge in [-0.2, -0.15) is 0 Å². The Labute approximate surface area is 140 Å². The molecule has 0 aliphatic carbocycles. The van der Waals surface area contributed by atoms with Crippen LogP contribution in [-0.2, 0) is 13.1 Å². The van der Waals surface area contributed by atoms with Crippen LogP contribution in [0.15, 0.2) is 59.5 Å². The molecule has 1 amide bonds. The van der Waals surface area contributed by atoms with Crippen LogP contribution in [0.25, 0.3) is 0 Å². The van der Waals surface area contributed by atoms with Gasteiger partial charge < -0.3 is 15.1 Å². The number of hydrogen-bond donors (Lipinski definition) is 2. The number of amides is 1. The molecule has 0 fully saturated rings. The van der Waals surface area contributed by atoms with Crippen LogP contribution in [0, 0.1) is 6.92 Å². The van der Waals surface area contributed by atoms with Crippen LogP contribution in [0.4, 0.5) is 5.82 Å². The quantitative estimate of drug-likeness (QED) is 0.729. The molecule has 0 spiro atoms. The fraction of sp³-hybridized carbons (Fsp3) is 0.167. The molecular weight excluding hydrogens is 304 g/mol. The highest BCUT2D eigenvalue weighted by atomic mass is 16.3. The SMILES string of the molecule is Cc1ccc(CNc2cc(C(=O)NCc3ccco3)ncn2)cc1. The summed E-state index contributed by atoms with van der Waals surface area (Å²) in [5, 5.41) is 5.95. The van der Waals surface area contributed by atoms with Gasteiger partial charge in [-0.05, 0) is 24.6 Å². The van der Waals surface area contributed by atoms with Gasteiger partial charge in [-0.15, -0.1) is 0 Å². The maximum Gasteiger partial charge on any atom is 0.270 e. The molecule has 0 aliphatic heterocycles. The van der Waals surface area contributed by atoms with Gasteiger partial charge in [0.05, 0.1) is 12.8 Å². The molecule has 0 bridgehead atoms. The summed E-state index contributed by atoms with van der Waals surface area (Å²) in [5.74, 6) is 1.02. The van der Waals surface area contributed by atoms with Crippen molar-refractivity contribution in [2.75, 3.05) is 5.32 Å². The number of aromatic nitrogens is 2. The van der Waals surface area contributed by atoms with Crippen molar-refractivity contribution in [3.63, 3.8) is 0 Å². The van der Waals surface area contributed by atoms with Crippen LogP contribution in [0.1, 0.15) is 27.4 Å². The van der Waals surface area contributed by atoms with Crippen molar-refractivity contribution in [3.05, 3.63) is 77.6 Å². The number of hydrogen-bond acceptors (Lipinski definition) is 5. The van der Waals surface area contributed by atoms with Crippen molar-refractivity contribution < 1.29 is 9.21 Å². The summed E-state index contributed by atoms with van der Waals surface area (Å²) in [6, 6.07) is 13.4. The molecule has 122 valence electrons. The molecule has 2 N–H and O–H groups in total. The molecule has 2 aromatic heterocycles. The third-order valence-corrected chi connectivity index (χ3v) is 3.50. The Hall–Kier alpha value is -3.15. The molecule has 0 radical (unpaired) electrons. The number of carbonyl (C=O) groups excluding carboxylic acids is 1. The number of furan rings is 1. The minimum atomic E-state index is -0.271. The highest BCUT2D eigenvalue weighted by molar-refractivity contribution is 5.92. The third kappa shape index (κ3) is 4.19. The zero-order chi connectivity index (χ0) is 16.8. The number of nitrogens with zero attached hydrogens (tertiary/aromatic N) is 2. The molecule has 0 unspecified atom stereocenters. The van der Waals surface area contributed by atoms with E-state index in [2.05, 4.69) is 51.8 Å². The van der Waals surface area contributed by atoms with Crippen LogP contribution in [0.5, 0.6) is 0 Å². The monoisotopic (exact) mass is 322 g/mol. The number of aryl methyl sites for hydroxylation is 1. The molecule has 0 saturated carbocycles. The van der Waals surface area contributed by atoms with Gasteiger partial charge in [-0.3, -0.25) is 4.79 Å². The van der Waals surface area contributed by atoms with E-state index in [1.807, 2.05) is 0 Å². The van der Waals surface area contributed by atoms with Gasteiger partial charge >= 0.3 is 0 Å². The molecule has 0 aliphatic rings. The summed E-state index contributed by atoms with van der Waals surface area (Å²) in [6.07, 6.45) is 2.94. The van der Waals surface area contributed by atoms with E-state index >= 15 is 0 Å². The number of anilines is 1. The Morgan fingerprint density at radius 1 is 1.12 bits per heavy atom. The van der Waals surface area contributed by atoms with Crippen LogP contribution in [-0.4, -0.2) is 15.9 Å². The third-order valence-electron chi connectivity index (χ3n) is 3.50. The van der Waals surface area contributed by atoms with E-state index in [0.29, 0.717) is 30.4 Å². The number of rotatable bonds is 6. The zero-order valence-corrected chi connectivity index (χ0v) is 13.3. The van der Waals surface area contributed by atoms with Crippen LogP contribution in [0.2, 0.25) is 0 Å². The van der Waals surface area contributed by atoms with Crippen LogP contribution >= 0.6 is 0 Å². The fourth-order valence-corrected chi connectivity index (χ4v) is 2.15. The van der Waals surface area contributed by atoms with Gasteiger partial charge in [0.1, 0.15) is 23.6 Å². The molecule has 6 nitrogen and oxygen atoms in total. The molecule has 3 aromatic rings. The average molecular weight is 322 g/mol. The van der Waals surface area contributed by atoms with Gasteiger partial charge in [-0.25, -0.2) is 9.97 Å². The lowest BCUT2D eigenvalue weighted by molar-refractivity contribution is 0.0943. The first-order valence-electron chi connectivity index (χ1n) is 7.63. The molecule has 24 heavy (non-hydrogen) atoms. The Balaban J connectivity index is 1.58. The van der Waals surface area contributed by atoms with E-state index in [-0.39, 0.29) is 5.91 Å². The second kappa shape index (κ2) is 7.41. The Morgan fingerprint density at radius 3 is 2.71 bits per heavy atom. The number of benzene rings is 1. The largest absolute Gasteiger partial charge is 0.467 e. The zero-order valence-electron chi connectivity index (χ0n) is 13.3. The van der Waals surface area contributed by atoms with Crippen molar-refractivity contribution in [2.45, 2.75) is 20.0 Å². The molecule has 1 aromatic carbocycles. The fourth-order valence-electron chi connectivity index (χ4n) is 2.15. The Kier molecular flexibility index (Phi) is 4.86. The summed E-state index contributed by atoms with van der Waals surface area (Å²) in [4.78, 5) is 20.3. The first-order chi connectivity index (χ1) is 11.7. The minimum Gasteiger partial charge on any atom is -0.467 e. The highest BCUT2D eigenvalue weighted by Crippen LogP contribution is 2.09. The van der Waals surface area contributed by atoms with Crippen molar-refractivity contribution in [1.29, 1.82) is 0 Å². The second-order valence-electron chi connectivity index (χ2n) is 5.39. The summed E-state index contributed by atoms with van der Waals surface area (Å²) in [7, 11) is 0. The molecule has 3 rings (SSSR count). The lowest BCUT2D eigenvalue weighted by atomic mass is 10.1. The van der Waals surface area contributed by atoms with Gasteiger partial charge in [0, 0.05) is 12.6 Å². The smallest absolute Gasteiger partial charge is 0.270 e. The lowest BCUT2D eigenvalue weighted by Gasteiger charge is -2.07. The summed E-state index contributed by atoms with van der Waals surface area (Å²) in [5.41, 5.74) is 2.67. The van der Waals surface area contributed by atoms with E-state index in [0.717, 1.165) is 5.56 Å². The van der Waals surface area contributed by atoms with E-state index in [1.54, 1.807) is 24.5 Å². The van der Waals surface area contributed by atoms with Gasteiger partial charge in [0.2, 0.25) is 0 Å².